The number of nitrogens with zero attached hydrogens (tertiary/aromatic N) is 1. The van der Waals surface area contributed by atoms with Gasteiger partial charge in [-0.1, -0.05) is 30.7 Å². The van der Waals surface area contributed by atoms with Gasteiger partial charge in [-0.2, -0.15) is 0 Å². The van der Waals surface area contributed by atoms with E-state index < -0.39 is 10.0 Å². The minimum Gasteiger partial charge on any atom is -0.486 e. The number of hydrogen-bond donors (Lipinski definition) is 1. The first kappa shape index (κ1) is 22.0. The van der Waals surface area contributed by atoms with Gasteiger partial charge in [0.15, 0.2) is 11.5 Å². The highest BCUT2D eigenvalue weighted by atomic mass is 32.2. The van der Waals surface area contributed by atoms with Gasteiger partial charge in [0.1, 0.15) is 19.8 Å². The van der Waals surface area contributed by atoms with Crippen LogP contribution in [0.2, 0.25) is 0 Å². The minimum absolute atomic E-state index is 0.195. The predicted octanol–water partition coefficient (Wildman–Crippen LogP) is 3.11. The maximum Gasteiger partial charge on any atom is 0.241 e. The quantitative estimate of drug-likeness (QED) is 0.727. The fourth-order valence-corrected chi connectivity index (χ4v) is 4.42. The molecule has 3 rings (SSSR count). The number of rotatable bonds is 7. The average Bonchev–Trinajstić information content (AvgIpc) is 2.69. The van der Waals surface area contributed by atoms with Crippen molar-refractivity contribution in [2.45, 2.75) is 33.2 Å². The Morgan fingerprint density at radius 3 is 2.43 bits per heavy atom. The molecule has 162 valence electrons. The van der Waals surface area contributed by atoms with Crippen molar-refractivity contribution in [2.75, 3.05) is 30.3 Å². The second kappa shape index (κ2) is 8.95. The third-order valence-electron chi connectivity index (χ3n) is 5.05. The standard InChI is InChI=1S/C22H28N2O5S/c1-5-19(18-8-6-15(2)12-16(18)3)23-22(25)14-24(30(4,26)27)17-7-9-20-21(13-17)29-11-10-28-20/h6-9,12-13,19H,5,10-11,14H2,1-4H3,(H,23,25). The van der Waals surface area contributed by atoms with Crippen molar-refractivity contribution in [3.05, 3.63) is 53.1 Å². The minimum atomic E-state index is -3.68. The SMILES string of the molecule is CCC(NC(=O)CN(c1ccc2c(c1)OCCO2)S(C)(=O)=O)c1ccc(C)cc1C. The van der Waals surface area contributed by atoms with Crippen LogP contribution < -0.4 is 19.1 Å². The summed E-state index contributed by atoms with van der Waals surface area (Å²) in [6, 6.07) is 10.8. The van der Waals surface area contributed by atoms with E-state index in [1.54, 1.807) is 18.2 Å². The van der Waals surface area contributed by atoms with E-state index in [1.165, 1.54) is 0 Å². The Bertz CT molecular complexity index is 1040. The number of fused-ring (bicyclic) bond motifs is 1. The Hall–Kier alpha value is -2.74. The van der Waals surface area contributed by atoms with Crippen molar-refractivity contribution in [1.82, 2.24) is 5.32 Å². The van der Waals surface area contributed by atoms with Crippen LogP contribution in [0.5, 0.6) is 11.5 Å². The monoisotopic (exact) mass is 432 g/mol. The third kappa shape index (κ3) is 5.05. The molecule has 0 spiro atoms. The van der Waals surface area contributed by atoms with Crippen molar-refractivity contribution in [1.29, 1.82) is 0 Å². The van der Waals surface area contributed by atoms with Crippen LogP contribution in [0, 0.1) is 13.8 Å². The molecule has 2 aromatic carbocycles. The normalized spacial score (nSPS) is 14.1. The fourth-order valence-electron chi connectivity index (χ4n) is 3.57. The van der Waals surface area contributed by atoms with E-state index in [9.17, 15) is 13.2 Å². The number of nitrogens with one attached hydrogen (secondary N) is 1. The molecule has 0 aliphatic carbocycles. The summed E-state index contributed by atoms with van der Waals surface area (Å²) in [5.74, 6) is 0.653. The van der Waals surface area contributed by atoms with Crippen molar-refractivity contribution < 1.29 is 22.7 Å². The second-order valence-corrected chi connectivity index (χ2v) is 9.39. The maximum atomic E-state index is 12.8. The molecule has 1 aliphatic heterocycles. The highest BCUT2D eigenvalue weighted by molar-refractivity contribution is 7.92. The molecule has 0 aromatic heterocycles. The Morgan fingerprint density at radius 1 is 1.10 bits per heavy atom. The lowest BCUT2D eigenvalue weighted by molar-refractivity contribution is -0.120. The van der Waals surface area contributed by atoms with Crippen LogP contribution in [0.4, 0.5) is 5.69 Å². The van der Waals surface area contributed by atoms with E-state index in [0.29, 0.717) is 36.8 Å². The molecule has 0 saturated heterocycles. The molecule has 1 atom stereocenters. The van der Waals surface area contributed by atoms with E-state index >= 15 is 0 Å². The van der Waals surface area contributed by atoms with Crippen LogP contribution >= 0.6 is 0 Å². The molecular formula is C22H28N2O5S. The van der Waals surface area contributed by atoms with Crippen molar-refractivity contribution in [2.24, 2.45) is 0 Å². The van der Waals surface area contributed by atoms with Crippen LogP contribution in [-0.4, -0.2) is 40.3 Å². The molecule has 1 aliphatic rings. The van der Waals surface area contributed by atoms with E-state index in [0.717, 1.165) is 27.3 Å². The van der Waals surface area contributed by atoms with Crippen LogP contribution in [0.15, 0.2) is 36.4 Å². The summed E-state index contributed by atoms with van der Waals surface area (Å²) in [4.78, 5) is 12.8. The zero-order valence-corrected chi connectivity index (χ0v) is 18.6. The lowest BCUT2D eigenvalue weighted by Gasteiger charge is -2.26. The lowest BCUT2D eigenvalue weighted by Crippen LogP contribution is -2.41. The highest BCUT2D eigenvalue weighted by Gasteiger charge is 2.25. The maximum absolute atomic E-state index is 12.8. The van der Waals surface area contributed by atoms with Gasteiger partial charge < -0.3 is 14.8 Å². The number of carbonyl (C=O) groups excluding carboxylic acids is 1. The first-order valence-electron chi connectivity index (χ1n) is 9.93. The van der Waals surface area contributed by atoms with Gasteiger partial charge in [-0.25, -0.2) is 8.42 Å². The molecule has 30 heavy (non-hydrogen) atoms. The van der Waals surface area contributed by atoms with E-state index in [-0.39, 0.29) is 18.5 Å². The summed E-state index contributed by atoms with van der Waals surface area (Å²) in [5.41, 5.74) is 3.63. The van der Waals surface area contributed by atoms with Gasteiger partial charge in [0, 0.05) is 6.07 Å². The summed E-state index contributed by atoms with van der Waals surface area (Å²) in [6.45, 7) is 6.54. The first-order valence-corrected chi connectivity index (χ1v) is 11.8. The Balaban J connectivity index is 1.80. The molecule has 8 heteroatoms. The zero-order chi connectivity index (χ0) is 21.9. The zero-order valence-electron chi connectivity index (χ0n) is 17.8. The topological polar surface area (TPSA) is 84.9 Å². The molecule has 2 aromatic rings. The lowest BCUT2D eigenvalue weighted by atomic mass is 9.97. The van der Waals surface area contributed by atoms with Crippen LogP contribution in [0.25, 0.3) is 0 Å². The fraction of sp³-hybridized carbons (Fsp3) is 0.409. The highest BCUT2D eigenvalue weighted by Crippen LogP contribution is 2.34. The van der Waals surface area contributed by atoms with E-state index in [1.807, 2.05) is 32.9 Å². The average molecular weight is 433 g/mol. The van der Waals surface area contributed by atoms with Crippen LogP contribution in [-0.2, 0) is 14.8 Å². The molecule has 0 radical (unpaired) electrons. The largest absolute Gasteiger partial charge is 0.486 e. The summed E-state index contributed by atoms with van der Waals surface area (Å²) in [6.07, 6.45) is 1.77. The van der Waals surface area contributed by atoms with Gasteiger partial charge in [-0.3, -0.25) is 9.10 Å². The second-order valence-electron chi connectivity index (χ2n) is 7.49. The van der Waals surface area contributed by atoms with Crippen LogP contribution in [0.1, 0.15) is 36.1 Å². The summed E-state index contributed by atoms with van der Waals surface area (Å²) in [7, 11) is -3.68. The van der Waals surface area contributed by atoms with Gasteiger partial charge in [0.25, 0.3) is 0 Å². The summed E-state index contributed by atoms with van der Waals surface area (Å²) in [5, 5.41) is 2.98. The number of sulfonamides is 1. The Kier molecular flexibility index (Phi) is 6.55. The third-order valence-corrected chi connectivity index (χ3v) is 6.19. The van der Waals surface area contributed by atoms with Crippen molar-refractivity contribution >= 4 is 21.6 Å². The number of carbonyl (C=O) groups is 1. The Morgan fingerprint density at radius 2 is 1.80 bits per heavy atom. The predicted molar refractivity (Wildman–Crippen MR) is 117 cm³/mol. The smallest absolute Gasteiger partial charge is 0.241 e. The van der Waals surface area contributed by atoms with Crippen LogP contribution in [0.3, 0.4) is 0 Å². The molecule has 1 amide bonds. The number of hydrogen-bond acceptors (Lipinski definition) is 5. The van der Waals surface area contributed by atoms with Gasteiger partial charge >= 0.3 is 0 Å². The molecule has 0 saturated carbocycles. The van der Waals surface area contributed by atoms with Gasteiger partial charge in [0.2, 0.25) is 15.9 Å². The van der Waals surface area contributed by atoms with Gasteiger partial charge in [-0.05, 0) is 43.5 Å². The number of amides is 1. The first-order chi connectivity index (χ1) is 14.2. The van der Waals surface area contributed by atoms with Gasteiger partial charge in [-0.15, -0.1) is 0 Å². The summed E-state index contributed by atoms with van der Waals surface area (Å²) < 4.78 is 37.0. The number of aryl methyl sites for hydroxylation is 2. The van der Waals surface area contributed by atoms with E-state index in [4.69, 9.17) is 9.47 Å². The molecule has 1 unspecified atom stereocenters. The van der Waals surface area contributed by atoms with Crippen molar-refractivity contribution in [3.63, 3.8) is 0 Å². The molecule has 0 fully saturated rings. The Labute approximate surface area is 178 Å². The molecular weight excluding hydrogens is 404 g/mol. The number of anilines is 1. The number of benzene rings is 2. The summed E-state index contributed by atoms with van der Waals surface area (Å²) >= 11 is 0. The molecule has 7 nitrogen and oxygen atoms in total. The molecule has 1 N–H and O–H groups in total. The molecule has 0 bridgehead atoms. The van der Waals surface area contributed by atoms with Gasteiger partial charge in [0.05, 0.1) is 18.0 Å². The van der Waals surface area contributed by atoms with Crippen molar-refractivity contribution in [3.8, 4) is 11.5 Å². The van der Waals surface area contributed by atoms with E-state index in [2.05, 4.69) is 11.4 Å². The molecule has 1 heterocycles. The number of ether oxygens (including phenoxy) is 2.